The van der Waals surface area contributed by atoms with Crippen molar-refractivity contribution in [2.75, 3.05) is 19.2 Å². The predicted octanol–water partition coefficient (Wildman–Crippen LogP) is 2.99. The molecule has 7 nitrogen and oxygen atoms in total. The van der Waals surface area contributed by atoms with E-state index in [4.69, 9.17) is 4.74 Å². The summed E-state index contributed by atoms with van der Waals surface area (Å²) >= 11 is 0. The van der Waals surface area contributed by atoms with Gasteiger partial charge in [-0.15, -0.1) is 0 Å². The highest BCUT2D eigenvalue weighted by Crippen LogP contribution is 2.29. The Morgan fingerprint density at radius 1 is 1.15 bits per heavy atom. The molecule has 1 aliphatic heterocycles. The minimum atomic E-state index is -0.448. The Balaban J connectivity index is 1.89. The quantitative estimate of drug-likeness (QED) is 0.664. The number of rotatable bonds is 4. The third-order valence-corrected chi connectivity index (χ3v) is 4.11. The van der Waals surface area contributed by atoms with E-state index in [1.165, 1.54) is 25.3 Å². The van der Waals surface area contributed by atoms with Gasteiger partial charge in [-0.1, -0.05) is 6.07 Å². The van der Waals surface area contributed by atoms with Gasteiger partial charge in [-0.05, 0) is 55.0 Å². The van der Waals surface area contributed by atoms with Crippen LogP contribution < -0.4 is 9.75 Å². The number of phenolic OH excluding ortho intramolecular Hbond substituents is 1. The van der Waals surface area contributed by atoms with E-state index in [9.17, 15) is 14.7 Å². The van der Waals surface area contributed by atoms with Gasteiger partial charge in [0.2, 0.25) is 0 Å². The van der Waals surface area contributed by atoms with Crippen LogP contribution in [-0.2, 0) is 9.53 Å². The molecule has 0 aliphatic carbocycles. The van der Waals surface area contributed by atoms with Gasteiger partial charge in [0.25, 0.3) is 5.91 Å². The zero-order valence-corrected chi connectivity index (χ0v) is 15.1. The van der Waals surface area contributed by atoms with Crippen molar-refractivity contribution in [2.45, 2.75) is 6.92 Å². The Bertz CT molecular complexity index is 961. The first-order valence-corrected chi connectivity index (χ1v) is 8.11. The van der Waals surface area contributed by atoms with Crippen LogP contribution in [0.1, 0.15) is 22.8 Å². The van der Waals surface area contributed by atoms with Crippen molar-refractivity contribution in [3.8, 4) is 11.5 Å². The second-order valence-corrected chi connectivity index (χ2v) is 5.83. The maximum Gasteiger partial charge on any atom is 0.337 e. The zero-order valence-electron chi connectivity index (χ0n) is 15.1. The van der Waals surface area contributed by atoms with Crippen molar-refractivity contribution < 1.29 is 24.2 Å². The van der Waals surface area contributed by atoms with Crippen molar-refractivity contribution >= 4 is 29.4 Å². The average Bonchev–Trinajstić information content (AvgIpc) is 2.97. The lowest BCUT2D eigenvalue weighted by Crippen LogP contribution is -2.21. The van der Waals surface area contributed by atoms with Gasteiger partial charge in [-0.2, -0.15) is 10.1 Å². The number of anilines is 1. The number of esters is 1. The SMILES string of the molecule is COC(=O)c1ccc(N2N=C(C)/C(=C/c3ccc(O)c(OC)c3)C2=O)cc1. The topological polar surface area (TPSA) is 88.4 Å². The maximum atomic E-state index is 12.8. The van der Waals surface area contributed by atoms with E-state index < -0.39 is 5.97 Å². The van der Waals surface area contributed by atoms with E-state index in [1.807, 2.05) is 0 Å². The number of ether oxygens (including phenoxy) is 2. The van der Waals surface area contributed by atoms with Gasteiger partial charge in [0, 0.05) is 0 Å². The number of hydrogen-bond donors (Lipinski definition) is 1. The van der Waals surface area contributed by atoms with Gasteiger partial charge in [-0.25, -0.2) is 4.79 Å². The molecule has 1 heterocycles. The lowest BCUT2D eigenvalue weighted by atomic mass is 10.1. The molecule has 0 fully saturated rings. The first kappa shape index (κ1) is 18.2. The number of hydrazone groups is 1. The molecule has 2 aromatic carbocycles. The number of methoxy groups -OCH3 is 2. The molecule has 27 heavy (non-hydrogen) atoms. The van der Waals surface area contributed by atoms with Crippen LogP contribution in [0.3, 0.4) is 0 Å². The van der Waals surface area contributed by atoms with Crippen molar-refractivity contribution in [3.05, 3.63) is 59.2 Å². The molecule has 0 radical (unpaired) electrons. The summed E-state index contributed by atoms with van der Waals surface area (Å²) < 4.78 is 9.76. The number of hydrogen-bond acceptors (Lipinski definition) is 6. The van der Waals surface area contributed by atoms with Crippen LogP contribution in [0, 0.1) is 0 Å². The Labute approximate surface area is 156 Å². The molecule has 0 saturated carbocycles. The third-order valence-electron chi connectivity index (χ3n) is 4.11. The fraction of sp³-hybridized carbons (Fsp3) is 0.150. The van der Waals surface area contributed by atoms with E-state index in [-0.39, 0.29) is 11.7 Å². The number of phenols is 1. The molecule has 0 aromatic heterocycles. The van der Waals surface area contributed by atoms with Crippen LogP contribution in [0.2, 0.25) is 0 Å². The molecule has 1 amide bonds. The molecule has 7 heteroatoms. The Morgan fingerprint density at radius 3 is 2.48 bits per heavy atom. The fourth-order valence-corrected chi connectivity index (χ4v) is 2.67. The van der Waals surface area contributed by atoms with E-state index in [0.29, 0.717) is 33.8 Å². The maximum absolute atomic E-state index is 12.8. The Kier molecular flexibility index (Phi) is 4.94. The molecule has 1 aliphatic rings. The lowest BCUT2D eigenvalue weighted by Gasteiger charge is -2.12. The zero-order chi connectivity index (χ0) is 19.6. The van der Waals surface area contributed by atoms with Crippen molar-refractivity contribution in [2.24, 2.45) is 5.10 Å². The van der Waals surface area contributed by atoms with Crippen molar-refractivity contribution in [1.82, 2.24) is 0 Å². The number of benzene rings is 2. The monoisotopic (exact) mass is 366 g/mol. The molecule has 2 aromatic rings. The lowest BCUT2D eigenvalue weighted by molar-refractivity contribution is -0.114. The highest BCUT2D eigenvalue weighted by molar-refractivity contribution is 6.32. The number of nitrogens with zero attached hydrogens (tertiary/aromatic N) is 2. The Morgan fingerprint density at radius 2 is 1.85 bits per heavy atom. The van der Waals surface area contributed by atoms with Crippen LogP contribution in [0.5, 0.6) is 11.5 Å². The van der Waals surface area contributed by atoms with Gasteiger partial charge < -0.3 is 14.6 Å². The standard InChI is InChI=1S/C20H18N2O5/c1-12-16(10-13-4-9-17(23)18(11-13)26-2)19(24)22(21-12)15-7-5-14(6-8-15)20(25)27-3/h4-11,23H,1-3H3/b16-10-. The second-order valence-electron chi connectivity index (χ2n) is 5.83. The summed E-state index contributed by atoms with van der Waals surface area (Å²) in [7, 11) is 2.77. The molecule has 3 rings (SSSR count). The molecule has 0 spiro atoms. The second kappa shape index (κ2) is 7.33. The smallest absolute Gasteiger partial charge is 0.337 e. The molecular weight excluding hydrogens is 348 g/mol. The molecule has 0 saturated heterocycles. The number of aromatic hydroxyl groups is 1. The van der Waals surface area contributed by atoms with Gasteiger partial charge in [0.15, 0.2) is 11.5 Å². The number of carbonyl (C=O) groups excluding carboxylic acids is 2. The third kappa shape index (κ3) is 3.52. The average molecular weight is 366 g/mol. The molecular formula is C20H18N2O5. The summed E-state index contributed by atoms with van der Waals surface area (Å²) in [5, 5.41) is 15.3. The molecule has 1 N–H and O–H groups in total. The van der Waals surface area contributed by atoms with E-state index >= 15 is 0 Å². The van der Waals surface area contributed by atoms with Crippen molar-refractivity contribution in [1.29, 1.82) is 0 Å². The minimum absolute atomic E-state index is 0.0232. The summed E-state index contributed by atoms with van der Waals surface area (Å²) in [6.45, 7) is 1.74. The first-order chi connectivity index (χ1) is 12.9. The molecule has 138 valence electrons. The number of carbonyl (C=O) groups is 2. The summed E-state index contributed by atoms with van der Waals surface area (Å²) in [6, 6.07) is 11.2. The van der Waals surface area contributed by atoms with E-state index in [0.717, 1.165) is 0 Å². The summed E-state index contributed by atoms with van der Waals surface area (Å²) in [5.41, 5.74) is 2.62. The number of amides is 1. The van der Waals surface area contributed by atoms with E-state index in [2.05, 4.69) is 9.84 Å². The summed E-state index contributed by atoms with van der Waals surface area (Å²) in [4.78, 5) is 24.3. The van der Waals surface area contributed by atoms with Crippen LogP contribution in [0.4, 0.5) is 5.69 Å². The van der Waals surface area contributed by atoms with Gasteiger partial charge in [-0.3, -0.25) is 4.79 Å². The summed E-state index contributed by atoms with van der Waals surface area (Å²) in [6.07, 6.45) is 1.69. The summed E-state index contributed by atoms with van der Waals surface area (Å²) in [5.74, 6) is -0.393. The Hall–Kier alpha value is -3.61. The molecule has 0 atom stereocenters. The molecule has 0 unspecified atom stereocenters. The highest BCUT2D eigenvalue weighted by atomic mass is 16.5. The predicted molar refractivity (Wildman–Crippen MR) is 101 cm³/mol. The fourth-order valence-electron chi connectivity index (χ4n) is 2.67. The highest BCUT2D eigenvalue weighted by Gasteiger charge is 2.28. The van der Waals surface area contributed by atoms with Gasteiger partial charge in [0.05, 0.1) is 36.8 Å². The molecule has 0 bridgehead atoms. The van der Waals surface area contributed by atoms with Gasteiger partial charge in [0.1, 0.15) is 0 Å². The van der Waals surface area contributed by atoms with Crippen LogP contribution in [0.15, 0.2) is 53.1 Å². The van der Waals surface area contributed by atoms with Gasteiger partial charge >= 0.3 is 5.97 Å². The van der Waals surface area contributed by atoms with Crippen LogP contribution >= 0.6 is 0 Å². The normalized spacial score (nSPS) is 15.1. The van der Waals surface area contributed by atoms with E-state index in [1.54, 1.807) is 49.4 Å². The minimum Gasteiger partial charge on any atom is -0.504 e. The largest absolute Gasteiger partial charge is 0.504 e. The first-order valence-electron chi connectivity index (χ1n) is 8.11. The van der Waals surface area contributed by atoms with Crippen LogP contribution in [0.25, 0.3) is 6.08 Å². The van der Waals surface area contributed by atoms with Crippen LogP contribution in [-0.4, -0.2) is 36.9 Å². The van der Waals surface area contributed by atoms with Crippen molar-refractivity contribution in [3.63, 3.8) is 0 Å².